The van der Waals surface area contributed by atoms with Gasteiger partial charge in [0.1, 0.15) is 11.9 Å². The van der Waals surface area contributed by atoms with E-state index >= 15 is 0 Å². The molecule has 2 N–H and O–H groups in total. The number of ether oxygens (including phenoxy) is 1. The van der Waals surface area contributed by atoms with E-state index in [0.29, 0.717) is 0 Å². The maximum absolute atomic E-state index is 11.6. The number of carbonyl (C=O) groups is 2. The van der Waals surface area contributed by atoms with Gasteiger partial charge in [0.25, 0.3) is 0 Å². The van der Waals surface area contributed by atoms with E-state index in [-0.39, 0.29) is 23.5 Å². The molecule has 1 aliphatic heterocycles. The van der Waals surface area contributed by atoms with E-state index in [1.807, 2.05) is 6.92 Å². The smallest absolute Gasteiger partial charge is 0.338 e. The fraction of sp³-hybridized carbons (Fsp3) is 0.429. The molecule has 5 heteroatoms. The Morgan fingerprint density at radius 2 is 2.11 bits per heavy atom. The monoisotopic (exact) mass is 266 g/mol. The molecule has 0 aromatic rings. The van der Waals surface area contributed by atoms with Crippen LogP contribution < -0.4 is 0 Å². The van der Waals surface area contributed by atoms with Gasteiger partial charge in [-0.2, -0.15) is 0 Å². The molecule has 0 saturated heterocycles. The van der Waals surface area contributed by atoms with Gasteiger partial charge in [-0.05, 0) is 26.8 Å². The number of esters is 1. The van der Waals surface area contributed by atoms with Gasteiger partial charge in [0, 0.05) is 6.42 Å². The summed E-state index contributed by atoms with van der Waals surface area (Å²) in [6, 6.07) is 0. The van der Waals surface area contributed by atoms with E-state index in [0.717, 1.165) is 0 Å². The third-order valence-electron chi connectivity index (χ3n) is 3.05. The quantitative estimate of drug-likeness (QED) is 0.448. The van der Waals surface area contributed by atoms with Crippen LogP contribution in [0.25, 0.3) is 0 Å². The van der Waals surface area contributed by atoms with Gasteiger partial charge in [-0.3, -0.25) is 4.79 Å². The Morgan fingerprint density at radius 1 is 1.47 bits per heavy atom. The number of aliphatic hydroxyl groups is 2. The molecular formula is C14H18O5. The van der Waals surface area contributed by atoms with E-state index in [9.17, 15) is 19.8 Å². The highest BCUT2D eigenvalue weighted by atomic mass is 16.6. The Morgan fingerprint density at radius 3 is 2.58 bits per heavy atom. The number of cyclic esters (lactones) is 1. The Balaban J connectivity index is 2.77. The molecule has 0 saturated carbocycles. The van der Waals surface area contributed by atoms with Crippen LogP contribution in [0.3, 0.4) is 0 Å². The van der Waals surface area contributed by atoms with Crippen molar-refractivity contribution in [1.82, 2.24) is 0 Å². The highest BCUT2D eigenvalue weighted by Gasteiger charge is 2.48. The van der Waals surface area contributed by atoms with Crippen LogP contribution in [0.4, 0.5) is 0 Å². The summed E-state index contributed by atoms with van der Waals surface area (Å²) in [6.45, 7) is 4.60. The van der Waals surface area contributed by atoms with Crippen LogP contribution >= 0.6 is 0 Å². The van der Waals surface area contributed by atoms with E-state index < -0.39 is 17.7 Å². The first-order valence-corrected chi connectivity index (χ1v) is 5.96. The lowest BCUT2D eigenvalue weighted by Gasteiger charge is -2.28. The van der Waals surface area contributed by atoms with Crippen molar-refractivity contribution in [3.05, 3.63) is 35.6 Å². The molecule has 2 unspecified atom stereocenters. The van der Waals surface area contributed by atoms with Crippen molar-refractivity contribution in [3.8, 4) is 0 Å². The summed E-state index contributed by atoms with van der Waals surface area (Å²) in [4.78, 5) is 22.9. The molecule has 0 bridgehead atoms. The summed E-state index contributed by atoms with van der Waals surface area (Å²) in [5.74, 6) is -1.33. The minimum absolute atomic E-state index is 0.0541. The van der Waals surface area contributed by atoms with Gasteiger partial charge in [0.2, 0.25) is 0 Å². The van der Waals surface area contributed by atoms with E-state index in [1.54, 1.807) is 18.2 Å². The van der Waals surface area contributed by atoms with E-state index in [1.165, 1.54) is 19.9 Å². The Labute approximate surface area is 111 Å². The standard InChI is InChI=1S/C14H18O5/c1-4-5-6-7-10(15)8-11(16)14(3)12(17)9(2)13(18)19-14/h4-7,11,16-17H,8H2,1-3H3. The lowest BCUT2D eigenvalue weighted by molar-refractivity contribution is -0.158. The predicted octanol–water partition coefficient (Wildman–Crippen LogP) is 1.59. The first-order valence-electron chi connectivity index (χ1n) is 5.96. The van der Waals surface area contributed by atoms with Crippen LogP contribution in [-0.2, 0) is 14.3 Å². The van der Waals surface area contributed by atoms with Crippen molar-refractivity contribution in [2.75, 3.05) is 0 Å². The molecule has 0 aromatic heterocycles. The minimum atomic E-state index is -1.55. The van der Waals surface area contributed by atoms with Gasteiger partial charge < -0.3 is 14.9 Å². The number of allylic oxidation sites excluding steroid dienone is 4. The second-order valence-electron chi connectivity index (χ2n) is 4.54. The molecular weight excluding hydrogens is 248 g/mol. The zero-order valence-electron chi connectivity index (χ0n) is 11.2. The van der Waals surface area contributed by atoms with Crippen LogP contribution in [0.2, 0.25) is 0 Å². The number of hydrogen-bond acceptors (Lipinski definition) is 5. The summed E-state index contributed by atoms with van der Waals surface area (Å²) in [5, 5.41) is 19.8. The molecule has 0 fully saturated rings. The van der Waals surface area contributed by atoms with Crippen molar-refractivity contribution in [1.29, 1.82) is 0 Å². The van der Waals surface area contributed by atoms with Crippen LogP contribution in [0.15, 0.2) is 35.6 Å². The normalized spacial score (nSPS) is 25.4. The zero-order chi connectivity index (χ0) is 14.6. The highest BCUT2D eigenvalue weighted by molar-refractivity contribution is 5.93. The molecule has 0 amide bonds. The van der Waals surface area contributed by atoms with Crippen molar-refractivity contribution in [2.45, 2.75) is 38.9 Å². The fourth-order valence-corrected chi connectivity index (χ4v) is 1.74. The summed E-state index contributed by atoms with van der Waals surface area (Å²) in [5.41, 5.74) is -1.50. The van der Waals surface area contributed by atoms with Gasteiger partial charge in [-0.15, -0.1) is 0 Å². The van der Waals surface area contributed by atoms with Gasteiger partial charge in [0.05, 0.1) is 5.57 Å². The first kappa shape index (κ1) is 15.2. The molecule has 0 radical (unpaired) electrons. The molecule has 0 aromatic carbocycles. The van der Waals surface area contributed by atoms with E-state index in [4.69, 9.17) is 4.74 Å². The van der Waals surface area contributed by atoms with Crippen LogP contribution in [0.1, 0.15) is 27.2 Å². The average molecular weight is 266 g/mol. The number of carbonyl (C=O) groups excluding carboxylic acids is 2. The third kappa shape index (κ3) is 3.12. The van der Waals surface area contributed by atoms with Crippen molar-refractivity contribution in [2.24, 2.45) is 0 Å². The van der Waals surface area contributed by atoms with Crippen molar-refractivity contribution in [3.63, 3.8) is 0 Å². The second-order valence-corrected chi connectivity index (χ2v) is 4.54. The maximum atomic E-state index is 11.6. The third-order valence-corrected chi connectivity index (χ3v) is 3.05. The van der Waals surface area contributed by atoms with Gasteiger partial charge >= 0.3 is 5.97 Å². The number of hydrogen-bond donors (Lipinski definition) is 2. The van der Waals surface area contributed by atoms with Crippen LogP contribution in [0.5, 0.6) is 0 Å². The Bertz CT molecular complexity index is 472. The Kier molecular flexibility index (Phi) is 4.67. The number of rotatable bonds is 5. The summed E-state index contributed by atoms with van der Waals surface area (Å²) < 4.78 is 4.96. The first-order chi connectivity index (χ1) is 8.82. The molecule has 2 atom stereocenters. The minimum Gasteiger partial charge on any atom is -0.507 e. The SMILES string of the molecule is CC=CC=CC(=O)CC(O)C1(C)OC(=O)C(C)=C1O. The molecule has 1 aliphatic rings. The number of ketones is 1. The molecule has 19 heavy (non-hydrogen) atoms. The van der Waals surface area contributed by atoms with Crippen LogP contribution in [-0.4, -0.2) is 33.7 Å². The molecule has 0 aliphatic carbocycles. The lowest BCUT2D eigenvalue weighted by Crippen LogP contribution is -2.43. The molecule has 5 nitrogen and oxygen atoms in total. The second kappa shape index (κ2) is 5.84. The van der Waals surface area contributed by atoms with Crippen molar-refractivity contribution < 1.29 is 24.5 Å². The van der Waals surface area contributed by atoms with Crippen LogP contribution in [0, 0.1) is 0 Å². The fourth-order valence-electron chi connectivity index (χ4n) is 1.74. The lowest BCUT2D eigenvalue weighted by atomic mass is 9.92. The highest BCUT2D eigenvalue weighted by Crippen LogP contribution is 2.34. The predicted molar refractivity (Wildman–Crippen MR) is 69.4 cm³/mol. The topological polar surface area (TPSA) is 83.8 Å². The molecule has 1 rings (SSSR count). The summed E-state index contributed by atoms with van der Waals surface area (Å²) in [7, 11) is 0. The summed E-state index contributed by atoms with van der Waals surface area (Å²) in [6.07, 6.45) is 4.78. The molecule has 104 valence electrons. The van der Waals surface area contributed by atoms with Gasteiger partial charge in [0.15, 0.2) is 11.4 Å². The number of aliphatic hydroxyl groups excluding tert-OH is 2. The largest absolute Gasteiger partial charge is 0.507 e. The summed E-state index contributed by atoms with van der Waals surface area (Å²) >= 11 is 0. The average Bonchev–Trinajstić information content (AvgIpc) is 2.55. The van der Waals surface area contributed by atoms with E-state index in [2.05, 4.69) is 0 Å². The maximum Gasteiger partial charge on any atom is 0.338 e. The molecule has 1 heterocycles. The zero-order valence-corrected chi connectivity index (χ0v) is 11.2. The Hall–Kier alpha value is -1.88. The van der Waals surface area contributed by atoms with Gasteiger partial charge in [-0.25, -0.2) is 4.79 Å². The van der Waals surface area contributed by atoms with Crippen molar-refractivity contribution >= 4 is 11.8 Å². The van der Waals surface area contributed by atoms with Gasteiger partial charge in [-0.1, -0.05) is 18.2 Å². The molecule has 0 spiro atoms.